The van der Waals surface area contributed by atoms with E-state index in [0.717, 1.165) is 6.08 Å². The highest BCUT2D eigenvalue weighted by Crippen LogP contribution is 2.29. The van der Waals surface area contributed by atoms with E-state index in [4.69, 9.17) is 0 Å². The summed E-state index contributed by atoms with van der Waals surface area (Å²) in [5.74, 6) is -2.53. The average Bonchev–Trinajstić information content (AvgIpc) is 2.55. The Hall–Kier alpha value is -2.82. The lowest BCUT2D eigenvalue weighted by atomic mass is 9.96. The molecule has 0 fully saturated rings. The number of carbonyl (C=O) groups excluding carboxylic acids is 1. The molecular formula is C18H13F3O2. The molecule has 0 heterocycles. The molecule has 118 valence electrons. The highest BCUT2D eigenvalue weighted by atomic mass is 19.4. The Morgan fingerprint density at radius 1 is 0.913 bits per heavy atom. The van der Waals surface area contributed by atoms with Gasteiger partial charge < -0.3 is 4.74 Å². The Kier molecular flexibility index (Phi) is 5.01. The van der Waals surface area contributed by atoms with Crippen molar-refractivity contribution in [2.24, 2.45) is 0 Å². The standard InChI is InChI=1S/C18H13F3O2/c1-2-15(23-17(22)18(19,20)21)16(13-9-5-3-6-10-13)14-11-7-4-8-12-14/h2-12H,1H2. The number of carbonyl (C=O) groups is 1. The van der Waals surface area contributed by atoms with Crippen molar-refractivity contribution in [2.75, 3.05) is 0 Å². The van der Waals surface area contributed by atoms with Crippen LogP contribution < -0.4 is 0 Å². The van der Waals surface area contributed by atoms with Gasteiger partial charge in [0.25, 0.3) is 0 Å². The minimum atomic E-state index is -5.08. The molecule has 0 aromatic heterocycles. The predicted octanol–water partition coefficient (Wildman–Crippen LogP) is 4.74. The normalized spacial score (nSPS) is 10.7. The van der Waals surface area contributed by atoms with Crippen LogP contribution in [0.1, 0.15) is 11.1 Å². The van der Waals surface area contributed by atoms with Gasteiger partial charge in [-0.3, -0.25) is 0 Å². The summed E-state index contributed by atoms with van der Waals surface area (Å²) in [5, 5.41) is 0. The first-order valence-electron chi connectivity index (χ1n) is 6.70. The molecule has 0 aliphatic carbocycles. The SMILES string of the molecule is C=CC(OC(=O)C(F)(F)F)=C(c1ccccc1)c1ccccc1. The van der Waals surface area contributed by atoms with E-state index < -0.39 is 12.1 Å². The van der Waals surface area contributed by atoms with Gasteiger partial charge in [-0.1, -0.05) is 67.2 Å². The molecule has 5 heteroatoms. The minimum Gasteiger partial charge on any atom is -0.419 e. The highest BCUT2D eigenvalue weighted by Gasteiger charge is 2.41. The van der Waals surface area contributed by atoms with Gasteiger partial charge in [0.1, 0.15) is 5.76 Å². The first-order valence-corrected chi connectivity index (χ1v) is 6.70. The fourth-order valence-electron chi connectivity index (χ4n) is 2.01. The molecule has 2 aromatic carbocycles. The van der Waals surface area contributed by atoms with E-state index in [0.29, 0.717) is 16.7 Å². The molecule has 0 unspecified atom stereocenters. The van der Waals surface area contributed by atoms with Gasteiger partial charge in [0.05, 0.1) is 0 Å². The molecule has 2 rings (SSSR count). The van der Waals surface area contributed by atoms with Crippen molar-refractivity contribution in [1.29, 1.82) is 0 Å². The van der Waals surface area contributed by atoms with Gasteiger partial charge in [-0.05, 0) is 17.2 Å². The molecule has 0 aliphatic heterocycles. The van der Waals surface area contributed by atoms with Crippen LogP contribution in [0, 0.1) is 0 Å². The Labute approximate surface area is 131 Å². The fourth-order valence-corrected chi connectivity index (χ4v) is 2.01. The summed E-state index contributed by atoms with van der Waals surface area (Å²) >= 11 is 0. The van der Waals surface area contributed by atoms with E-state index >= 15 is 0 Å². The molecule has 2 aromatic rings. The maximum Gasteiger partial charge on any atom is 0.491 e. The van der Waals surface area contributed by atoms with E-state index in [-0.39, 0.29) is 5.76 Å². The summed E-state index contributed by atoms with van der Waals surface area (Å²) in [4.78, 5) is 11.2. The summed E-state index contributed by atoms with van der Waals surface area (Å²) in [7, 11) is 0. The lowest BCUT2D eigenvalue weighted by Crippen LogP contribution is -2.25. The molecule has 0 radical (unpaired) electrons. The minimum absolute atomic E-state index is 0.246. The molecule has 0 N–H and O–H groups in total. The second kappa shape index (κ2) is 6.96. The van der Waals surface area contributed by atoms with Crippen molar-refractivity contribution in [3.63, 3.8) is 0 Å². The van der Waals surface area contributed by atoms with Crippen LogP contribution in [0.15, 0.2) is 79.1 Å². The Bertz CT molecular complexity index is 675. The van der Waals surface area contributed by atoms with Crippen LogP contribution in [-0.4, -0.2) is 12.1 Å². The zero-order valence-electron chi connectivity index (χ0n) is 12.0. The lowest BCUT2D eigenvalue weighted by Gasteiger charge is -2.14. The van der Waals surface area contributed by atoms with Crippen LogP contribution in [0.5, 0.6) is 0 Å². The van der Waals surface area contributed by atoms with Crippen molar-refractivity contribution in [3.05, 3.63) is 90.2 Å². The maximum atomic E-state index is 12.5. The third-order valence-electron chi connectivity index (χ3n) is 2.99. The molecule has 0 bridgehead atoms. The molecule has 23 heavy (non-hydrogen) atoms. The second-order valence-electron chi connectivity index (χ2n) is 4.56. The number of rotatable bonds is 4. The molecule has 0 amide bonds. The van der Waals surface area contributed by atoms with Crippen LogP contribution in [0.3, 0.4) is 0 Å². The summed E-state index contributed by atoms with van der Waals surface area (Å²) < 4.78 is 42.0. The summed E-state index contributed by atoms with van der Waals surface area (Å²) in [6, 6.07) is 17.4. The molecule has 0 atom stereocenters. The number of allylic oxidation sites excluding steroid dienone is 1. The summed E-state index contributed by atoms with van der Waals surface area (Å²) in [6.07, 6.45) is -3.98. The molecule has 0 spiro atoms. The van der Waals surface area contributed by atoms with Crippen LogP contribution in [0.2, 0.25) is 0 Å². The Morgan fingerprint density at radius 2 is 1.35 bits per heavy atom. The van der Waals surface area contributed by atoms with Gasteiger partial charge in [-0.15, -0.1) is 0 Å². The number of alkyl halides is 3. The van der Waals surface area contributed by atoms with Crippen LogP contribution in [0.25, 0.3) is 5.57 Å². The number of hydrogen-bond donors (Lipinski definition) is 0. The number of esters is 1. The largest absolute Gasteiger partial charge is 0.491 e. The van der Waals surface area contributed by atoms with Crippen LogP contribution in [-0.2, 0) is 9.53 Å². The predicted molar refractivity (Wildman–Crippen MR) is 81.3 cm³/mol. The van der Waals surface area contributed by atoms with E-state index in [9.17, 15) is 18.0 Å². The van der Waals surface area contributed by atoms with Crippen LogP contribution in [0.4, 0.5) is 13.2 Å². The van der Waals surface area contributed by atoms with Gasteiger partial charge in [-0.2, -0.15) is 13.2 Å². The summed E-state index contributed by atoms with van der Waals surface area (Å²) in [5.41, 5.74) is 1.59. The van der Waals surface area contributed by atoms with Gasteiger partial charge in [0, 0.05) is 5.57 Å². The van der Waals surface area contributed by atoms with Crippen molar-refractivity contribution in [1.82, 2.24) is 0 Å². The first-order chi connectivity index (χ1) is 10.9. The molecule has 2 nitrogen and oxygen atoms in total. The highest BCUT2D eigenvalue weighted by molar-refractivity contribution is 5.85. The van der Waals surface area contributed by atoms with E-state index in [1.54, 1.807) is 60.7 Å². The lowest BCUT2D eigenvalue weighted by molar-refractivity contribution is -0.194. The maximum absolute atomic E-state index is 12.5. The summed E-state index contributed by atoms with van der Waals surface area (Å²) in [6.45, 7) is 3.47. The van der Waals surface area contributed by atoms with Gasteiger partial charge in [0.2, 0.25) is 0 Å². The number of halogens is 3. The Morgan fingerprint density at radius 3 is 1.70 bits per heavy atom. The molecule has 0 aliphatic rings. The second-order valence-corrected chi connectivity index (χ2v) is 4.56. The van der Waals surface area contributed by atoms with Crippen molar-refractivity contribution >= 4 is 11.5 Å². The Balaban J connectivity index is 2.58. The van der Waals surface area contributed by atoms with E-state index in [1.807, 2.05) is 0 Å². The van der Waals surface area contributed by atoms with Crippen LogP contribution >= 0.6 is 0 Å². The first kappa shape index (κ1) is 16.5. The topological polar surface area (TPSA) is 26.3 Å². The van der Waals surface area contributed by atoms with Crippen molar-refractivity contribution < 1.29 is 22.7 Å². The third kappa shape index (κ3) is 4.10. The smallest absolute Gasteiger partial charge is 0.419 e. The monoisotopic (exact) mass is 318 g/mol. The molecule has 0 saturated carbocycles. The number of hydrogen-bond acceptors (Lipinski definition) is 2. The van der Waals surface area contributed by atoms with Crippen molar-refractivity contribution in [3.8, 4) is 0 Å². The van der Waals surface area contributed by atoms with E-state index in [2.05, 4.69) is 11.3 Å². The number of ether oxygens (including phenoxy) is 1. The average molecular weight is 318 g/mol. The third-order valence-corrected chi connectivity index (χ3v) is 2.99. The zero-order valence-corrected chi connectivity index (χ0v) is 12.0. The number of benzene rings is 2. The van der Waals surface area contributed by atoms with Gasteiger partial charge in [0.15, 0.2) is 0 Å². The van der Waals surface area contributed by atoms with Gasteiger partial charge in [-0.25, -0.2) is 4.79 Å². The van der Waals surface area contributed by atoms with E-state index in [1.165, 1.54) is 0 Å². The van der Waals surface area contributed by atoms with Crippen molar-refractivity contribution in [2.45, 2.75) is 6.18 Å². The molecule has 0 saturated heterocycles. The fraction of sp³-hybridized carbons (Fsp3) is 0.0556. The van der Waals surface area contributed by atoms with Gasteiger partial charge >= 0.3 is 12.1 Å². The molecular weight excluding hydrogens is 305 g/mol. The quantitative estimate of drug-likeness (QED) is 0.462. The zero-order chi connectivity index (χ0) is 16.9.